The summed E-state index contributed by atoms with van der Waals surface area (Å²) in [6.07, 6.45) is 0. The molecular weight excluding hydrogens is 393 g/mol. The first-order valence-electron chi connectivity index (χ1n) is 9.24. The van der Waals surface area contributed by atoms with Gasteiger partial charge in [-0.05, 0) is 36.4 Å². The number of ether oxygens (including phenoxy) is 1. The van der Waals surface area contributed by atoms with Crippen LogP contribution in [-0.2, 0) is 4.74 Å². The summed E-state index contributed by atoms with van der Waals surface area (Å²) >= 11 is 0. The minimum absolute atomic E-state index is 0.0214. The van der Waals surface area contributed by atoms with E-state index in [1.807, 2.05) is 0 Å². The van der Waals surface area contributed by atoms with Gasteiger partial charge in [-0.2, -0.15) is 0 Å². The molecule has 2 aromatic carbocycles. The minimum Gasteiger partial charge on any atom is -0.449 e. The molecule has 154 valence electrons. The van der Waals surface area contributed by atoms with Crippen LogP contribution in [0.4, 0.5) is 10.1 Å². The van der Waals surface area contributed by atoms with Crippen molar-refractivity contribution in [2.45, 2.75) is 0 Å². The molecule has 1 aliphatic heterocycles. The first-order chi connectivity index (χ1) is 14.4. The number of carbonyl (C=O) groups is 3. The summed E-state index contributed by atoms with van der Waals surface area (Å²) in [6.45, 7) is 1.88. The molecule has 0 atom stereocenters. The van der Waals surface area contributed by atoms with Gasteiger partial charge in [0.1, 0.15) is 17.1 Å². The third-order valence-electron chi connectivity index (χ3n) is 4.78. The van der Waals surface area contributed by atoms with Crippen molar-refractivity contribution in [2.24, 2.45) is 5.73 Å². The highest BCUT2D eigenvalue weighted by Crippen LogP contribution is 2.31. The van der Waals surface area contributed by atoms with Crippen LogP contribution in [0.3, 0.4) is 0 Å². The molecule has 0 saturated carbocycles. The number of benzene rings is 2. The van der Waals surface area contributed by atoms with Crippen LogP contribution in [-0.4, -0.2) is 48.9 Å². The van der Waals surface area contributed by atoms with E-state index >= 15 is 0 Å². The Bertz CT molecular complexity index is 1150. The predicted octanol–water partition coefficient (Wildman–Crippen LogP) is 2.40. The van der Waals surface area contributed by atoms with Crippen LogP contribution in [0, 0.1) is 5.82 Å². The molecule has 1 aromatic heterocycles. The monoisotopic (exact) mass is 411 g/mol. The fraction of sp³-hybridized carbons (Fsp3) is 0.190. The van der Waals surface area contributed by atoms with Crippen molar-refractivity contribution < 1.29 is 27.9 Å². The zero-order valence-corrected chi connectivity index (χ0v) is 15.8. The molecule has 2 heterocycles. The standard InChI is InChI=1S/C21H18FN3O5/c22-14-4-5-16-15(11-14)17(18(30-16)19(23)26)24-20(27)12-2-1-3-13(10-12)21(28)25-6-8-29-9-7-25/h1-5,10-11H,6-9H2,(H2,23,26)(H,24,27). The van der Waals surface area contributed by atoms with Crippen LogP contribution in [0.15, 0.2) is 46.9 Å². The van der Waals surface area contributed by atoms with E-state index in [2.05, 4.69) is 5.32 Å². The van der Waals surface area contributed by atoms with Gasteiger partial charge in [0.2, 0.25) is 5.76 Å². The van der Waals surface area contributed by atoms with Gasteiger partial charge in [-0.1, -0.05) is 6.07 Å². The van der Waals surface area contributed by atoms with Crippen LogP contribution in [0.25, 0.3) is 11.0 Å². The topological polar surface area (TPSA) is 115 Å². The summed E-state index contributed by atoms with van der Waals surface area (Å²) in [5.41, 5.74) is 6.06. The van der Waals surface area contributed by atoms with Crippen LogP contribution < -0.4 is 11.1 Å². The van der Waals surface area contributed by atoms with Crippen molar-refractivity contribution in [1.82, 2.24) is 4.90 Å². The molecule has 8 nitrogen and oxygen atoms in total. The predicted molar refractivity (Wildman–Crippen MR) is 106 cm³/mol. The lowest BCUT2D eigenvalue weighted by atomic mass is 10.1. The normalized spacial score (nSPS) is 14.0. The van der Waals surface area contributed by atoms with Crippen molar-refractivity contribution in [3.63, 3.8) is 0 Å². The first-order valence-corrected chi connectivity index (χ1v) is 9.24. The van der Waals surface area contributed by atoms with E-state index in [-0.39, 0.29) is 33.9 Å². The van der Waals surface area contributed by atoms with Gasteiger partial charge in [0, 0.05) is 29.6 Å². The Balaban J connectivity index is 1.63. The molecule has 30 heavy (non-hydrogen) atoms. The zero-order chi connectivity index (χ0) is 21.3. The number of rotatable bonds is 4. The molecule has 1 fully saturated rings. The Hall–Kier alpha value is -3.72. The maximum atomic E-state index is 13.7. The molecule has 0 spiro atoms. The number of fused-ring (bicyclic) bond motifs is 1. The maximum absolute atomic E-state index is 13.7. The summed E-state index contributed by atoms with van der Waals surface area (Å²) in [6, 6.07) is 9.84. The Labute approximate surface area is 170 Å². The average Bonchev–Trinajstić information content (AvgIpc) is 3.11. The van der Waals surface area contributed by atoms with Gasteiger partial charge in [-0.3, -0.25) is 14.4 Å². The Morgan fingerprint density at radius 2 is 1.77 bits per heavy atom. The SMILES string of the molecule is NC(=O)c1oc2ccc(F)cc2c1NC(=O)c1cccc(C(=O)N2CCOCC2)c1. The van der Waals surface area contributed by atoms with Gasteiger partial charge in [-0.25, -0.2) is 4.39 Å². The van der Waals surface area contributed by atoms with Crippen molar-refractivity contribution >= 4 is 34.4 Å². The molecule has 3 amide bonds. The number of anilines is 1. The molecule has 0 unspecified atom stereocenters. The number of halogens is 1. The number of carbonyl (C=O) groups excluding carboxylic acids is 3. The molecule has 4 rings (SSSR count). The molecule has 3 aromatic rings. The van der Waals surface area contributed by atoms with E-state index in [0.29, 0.717) is 31.9 Å². The first kappa shape index (κ1) is 19.6. The highest BCUT2D eigenvalue weighted by molar-refractivity contribution is 6.14. The van der Waals surface area contributed by atoms with Gasteiger partial charge < -0.3 is 25.1 Å². The van der Waals surface area contributed by atoms with E-state index in [0.717, 1.165) is 6.07 Å². The molecule has 0 radical (unpaired) electrons. The highest BCUT2D eigenvalue weighted by Gasteiger charge is 2.23. The third kappa shape index (κ3) is 3.74. The second kappa shape index (κ2) is 7.96. The largest absolute Gasteiger partial charge is 0.449 e. The van der Waals surface area contributed by atoms with Crippen molar-refractivity contribution in [3.05, 3.63) is 65.2 Å². The quantitative estimate of drug-likeness (QED) is 0.684. The molecule has 9 heteroatoms. The maximum Gasteiger partial charge on any atom is 0.286 e. The minimum atomic E-state index is -0.904. The number of amides is 3. The average molecular weight is 411 g/mol. The molecule has 0 bridgehead atoms. The lowest BCUT2D eigenvalue weighted by molar-refractivity contribution is 0.0303. The number of hydrogen-bond donors (Lipinski definition) is 2. The number of hydrogen-bond acceptors (Lipinski definition) is 5. The summed E-state index contributed by atoms with van der Waals surface area (Å²) in [7, 11) is 0. The van der Waals surface area contributed by atoms with Gasteiger partial charge in [-0.15, -0.1) is 0 Å². The van der Waals surface area contributed by atoms with Crippen molar-refractivity contribution in [1.29, 1.82) is 0 Å². The van der Waals surface area contributed by atoms with E-state index < -0.39 is 17.6 Å². The van der Waals surface area contributed by atoms with Crippen molar-refractivity contribution in [3.8, 4) is 0 Å². The second-order valence-electron chi connectivity index (χ2n) is 6.75. The fourth-order valence-electron chi connectivity index (χ4n) is 3.30. The summed E-state index contributed by atoms with van der Waals surface area (Å²) in [4.78, 5) is 38.9. The van der Waals surface area contributed by atoms with Gasteiger partial charge in [0.15, 0.2) is 0 Å². The van der Waals surface area contributed by atoms with E-state index in [1.165, 1.54) is 24.3 Å². The number of nitrogens with one attached hydrogen (secondary N) is 1. The number of morpholine rings is 1. The van der Waals surface area contributed by atoms with Gasteiger partial charge >= 0.3 is 0 Å². The van der Waals surface area contributed by atoms with Gasteiger partial charge in [0.25, 0.3) is 17.7 Å². The molecule has 1 saturated heterocycles. The van der Waals surface area contributed by atoms with Crippen LogP contribution >= 0.6 is 0 Å². The molecule has 0 aliphatic carbocycles. The van der Waals surface area contributed by atoms with Crippen molar-refractivity contribution in [2.75, 3.05) is 31.6 Å². The number of nitrogens with zero attached hydrogens (tertiary/aromatic N) is 1. The smallest absolute Gasteiger partial charge is 0.286 e. The third-order valence-corrected chi connectivity index (χ3v) is 4.78. The number of primary amides is 1. The van der Waals surface area contributed by atoms with E-state index in [9.17, 15) is 18.8 Å². The molecule has 1 aliphatic rings. The van der Waals surface area contributed by atoms with Crippen LogP contribution in [0.1, 0.15) is 31.3 Å². The summed E-state index contributed by atoms with van der Waals surface area (Å²) in [5, 5.41) is 2.77. The van der Waals surface area contributed by atoms with Crippen LogP contribution in [0.2, 0.25) is 0 Å². The Kier molecular flexibility index (Phi) is 5.20. The second-order valence-corrected chi connectivity index (χ2v) is 6.75. The number of nitrogens with two attached hydrogens (primary N) is 1. The van der Waals surface area contributed by atoms with Gasteiger partial charge in [0.05, 0.1) is 13.2 Å². The fourth-order valence-corrected chi connectivity index (χ4v) is 3.30. The molecule has 3 N–H and O–H groups in total. The molecular formula is C21H18FN3O5. The Morgan fingerprint density at radius 1 is 1.03 bits per heavy atom. The summed E-state index contributed by atoms with van der Waals surface area (Å²) < 4.78 is 24.3. The zero-order valence-electron chi connectivity index (χ0n) is 15.8. The lowest BCUT2D eigenvalue weighted by Gasteiger charge is -2.27. The van der Waals surface area contributed by atoms with E-state index in [1.54, 1.807) is 17.0 Å². The van der Waals surface area contributed by atoms with Crippen LogP contribution in [0.5, 0.6) is 0 Å². The highest BCUT2D eigenvalue weighted by atomic mass is 19.1. The number of furan rings is 1. The van der Waals surface area contributed by atoms with E-state index in [4.69, 9.17) is 14.9 Å². The Morgan fingerprint density at radius 3 is 2.50 bits per heavy atom. The summed E-state index contributed by atoms with van der Waals surface area (Å²) in [5.74, 6) is -2.56. The lowest BCUT2D eigenvalue weighted by Crippen LogP contribution is -2.40.